The maximum atomic E-state index is 12.3. The number of carbonyl (C=O) groups excluding carboxylic acids is 2. The number of benzene rings is 1. The molecule has 0 unspecified atom stereocenters. The fraction of sp³-hybridized carbons (Fsp3) is 0.395. The van der Waals surface area contributed by atoms with E-state index in [1.54, 1.807) is 73.4 Å². The topological polar surface area (TPSA) is 147 Å². The highest BCUT2D eigenvalue weighted by atomic mass is 16.5. The lowest BCUT2D eigenvalue weighted by Gasteiger charge is -2.26. The number of nitriles is 2. The number of nitrogens with zero attached hydrogens (tertiary/aromatic N) is 5. The van der Waals surface area contributed by atoms with E-state index >= 15 is 0 Å². The van der Waals surface area contributed by atoms with Crippen LogP contribution in [0.15, 0.2) is 93.8 Å². The second kappa shape index (κ2) is 15.4. The molecule has 0 fully saturated rings. The molecule has 1 aromatic carbocycles. The molecule has 250 valence electrons. The monoisotopic (exact) mass is 648 g/mol. The minimum atomic E-state index is -0.888. The summed E-state index contributed by atoms with van der Waals surface area (Å²) in [5.74, 6) is 1.23. The standard InChI is InChI=1S/C38H42N5O5/c1-36(2,3)34(44)46-21-19-43(20-22-47-35(45)37(4,5)6)30-16-14-29(15-17-30)42-28-12-9-26(10-13-28)11-18-32-31(25-41)33(27(23-39)24-40)48-38(32,7)8/h9-18H,19-22H2,1-8H3/q-1. The Morgan fingerprint density at radius 3 is 1.92 bits per heavy atom. The van der Waals surface area contributed by atoms with Gasteiger partial charge in [-0.3, -0.25) is 9.59 Å². The van der Waals surface area contributed by atoms with E-state index in [2.05, 4.69) is 6.07 Å². The van der Waals surface area contributed by atoms with Crippen LogP contribution >= 0.6 is 0 Å². The van der Waals surface area contributed by atoms with Crippen molar-refractivity contribution in [2.45, 2.75) is 61.0 Å². The maximum Gasteiger partial charge on any atom is 0.311 e. The molecule has 0 atom stereocenters. The molecule has 10 heteroatoms. The molecule has 3 rings (SSSR count). The van der Waals surface area contributed by atoms with Gasteiger partial charge < -0.3 is 24.5 Å². The lowest BCUT2D eigenvalue weighted by atomic mass is 9.92. The zero-order valence-corrected chi connectivity index (χ0v) is 28.9. The average molecular weight is 649 g/mol. The van der Waals surface area contributed by atoms with Gasteiger partial charge in [0, 0.05) is 11.3 Å². The molecule has 1 heterocycles. The number of allylic oxidation sites excluding steroid dienone is 8. The van der Waals surface area contributed by atoms with Crippen molar-refractivity contribution in [1.29, 1.82) is 10.5 Å². The molecule has 10 nitrogen and oxygen atoms in total. The van der Waals surface area contributed by atoms with Crippen molar-refractivity contribution in [3.8, 4) is 12.1 Å². The molecule has 0 bridgehead atoms. The third kappa shape index (κ3) is 9.78. The number of anilines is 1. The van der Waals surface area contributed by atoms with Crippen molar-refractivity contribution in [2.75, 3.05) is 31.2 Å². The molecule has 1 aliphatic carbocycles. The lowest BCUT2D eigenvalue weighted by molar-refractivity contribution is -0.152. The summed E-state index contributed by atoms with van der Waals surface area (Å²) in [5.41, 5.74) is 1.61. The van der Waals surface area contributed by atoms with E-state index < -0.39 is 16.4 Å². The second-order valence-corrected chi connectivity index (χ2v) is 13.8. The SMILES string of the molecule is CC(C)(C)C(=O)OCCN(CCOC(=O)C(C)(C)C)c1ccc(N=C2C=CC(=CC=C3C(C#N)=C(C(=C=[N-])C#N)OC3(C)C)C=C2)cc1. The third-order valence-corrected chi connectivity index (χ3v) is 7.29. The van der Waals surface area contributed by atoms with Crippen LogP contribution in [-0.4, -0.2) is 55.4 Å². The van der Waals surface area contributed by atoms with Gasteiger partial charge in [-0.05, 0) is 97.4 Å². The molecule has 2 aliphatic rings. The van der Waals surface area contributed by atoms with Crippen LogP contribution in [0.5, 0.6) is 0 Å². The van der Waals surface area contributed by atoms with Gasteiger partial charge >= 0.3 is 11.9 Å². The highest BCUT2D eigenvalue weighted by Gasteiger charge is 2.39. The zero-order chi connectivity index (χ0) is 35.7. The van der Waals surface area contributed by atoms with Gasteiger partial charge in [-0.15, -0.1) is 0 Å². The first kappa shape index (κ1) is 37.0. The summed E-state index contributed by atoms with van der Waals surface area (Å²) in [5, 5.41) is 28.3. The minimum absolute atomic E-state index is 0.00313. The summed E-state index contributed by atoms with van der Waals surface area (Å²) in [6.45, 7) is 15.6. The predicted molar refractivity (Wildman–Crippen MR) is 186 cm³/mol. The van der Waals surface area contributed by atoms with Crippen LogP contribution < -0.4 is 4.90 Å². The molecular formula is C38H42N5O5-. The van der Waals surface area contributed by atoms with Crippen molar-refractivity contribution >= 4 is 34.9 Å². The van der Waals surface area contributed by atoms with E-state index in [0.717, 1.165) is 22.7 Å². The van der Waals surface area contributed by atoms with Crippen molar-refractivity contribution in [1.82, 2.24) is 0 Å². The van der Waals surface area contributed by atoms with Crippen LogP contribution in [0, 0.1) is 33.5 Å². The molecule has 0 radical (unpaired) electrons. The molecule has 0 spiro atoms. The van der Waals surface area contributed by atoms with Crippen molar-refractivity contribution in [3.63, 3.8) is 0 Å². The van der Waals surface area contributed by atoms with E-state index in [-0.39, 0.29) is 42.1 Å². The molecule has 0 saturated heterocycles. The lowest BCUT2D eigenvalue weighted by Crippen LogP contribution is -2.34. The van der Waals surface area contributed by atoms with Gasteiger partial charge in [0.1, 0.15) is 42.1 Å². The minimum Gasteiger partial charge on any atom is -0.762 e. The van der Waals surface area contributed by atoms with Gasteiger partial charge in [0.15, 0.2) is 5.76 Å². The summed E-state index contributed by atoms with van der Waals surface area (Å²) in [6, 6.07) is 11.5. The first-order valence-corrected chi connectivity index (χ1v) is 15.6. The Hall–Kier alpha value is -5.44. The van der Waals surface area contributed by atoms with E-state index in [1.165, 1.54) is 0 Å². The number of hydrogen-bond acceptors (Lipinski definition) is 9. The Bertz CT molecular complexity index is 1690. The Balaban J connectivity index is 1.74. The van der Waals surface area contributed by atoms with Crippen LogP contribution in [0.4, 0.5) is 11.4 Å². The highest BCUT2D eigenvalue weighted by molar-refractivity contribution is 6.07. The Morgan fingerprint density at radius 1 is 0.917 bits per heavy atom. The molecule has 0 amide bonds. The summed E-state index contributed by atoms with van der Waals surface area (Å²) in [6.07, 6.45) is 11.1. The van der Waals surface area contributed by atoms with E-state index in [9.17, 15) is 25.5 Å². The maximum absolute atomic E-state index is 12.3. The van der Waals surface area contributed by atoms with Crippen LogP contribution in [0.25, 0.3) is 5.41 Å². The van der Waals surface area contributed by atoms with Crippen molar-refractivity contribution in [3.05, 3.63) is 94.2 Å². The Labute approximate surface area is 283 Å². The van der Waals surface area contributed by atoms with Crippen molar-refractivity contribution in [2.24, 2.45) is 15.8 Å². The van der Waals surface area contributed by atoms with Crippen LogP contribution in [-0.2, 0) is 23.8 Å². The van der Waals surface area contributed by atoms with Gasteiger partial charge in [-0.2, -0.15) is 10.5 Å². The van der Waals surface area contributed by atoms with Crippen LogP contribution in [0.2, 0.25) is 0 Å². The molecule has 1 aromatic rings. The van der Waals surface area contributed by atoms with Crippen LogP contribution in [0.3, 0.4) is 0 Å². The molecule has 1 aliphatic heterocycles. The van der Waals surface area contributed by atoms with Crippen molar-refractivity contribution < 1.29 is 23.8 Å². The zero-order valence-electron chi connectivity index (χ0n) is 28.9. The number of aliphatic imine (C=N–C) groups is 1. The third-order valence-electron chi connectivity index (χ3n) is 7.29. The summed E-state index contributed by atoms with van der Waals surface area (Å²) < 4.78 is 16.8. The first-order valence-electron chi connectivity index (χ1n) is 15.6. The Kier molecular flexibility index (Phi) is 11.9. The van der Waals surface area contributed by atoms with E-state index in [1.807, 2.05) is 59.5 Å². The number of rotatable bonds is 10. The highest BCUT2D eigenvalue weighted by Crippen LogP contribution is 2.41. The smallest absolute Gasteiger partial charge is 0.311 e. The quantitative estimate of drug-likeness (QED) is 0.150. The van der Waals surface area contributed by atoms with Gasteiger partial charge in [-0.25, -0.2) is 10.9 Å². The van der Waals surface area contributed by atoms with Gasteiger partial charge in [0.05, 0.1) is 35.3 Å². The second-order valence-electron chi connectivity index (χ2n) is 13.8. The largest absolute Gasteiger partial charge is 0.762 e. The summed E-state index contributed by atoms with van der Waals surface area (Å²) in [4.78, 5) is 31.3. The van der Waals surface area contributed by atoms with Gasteiger partial charge in [-0.1, -0.05) is 24.3 Å². The Morgan fingerprint density at radius 2 is 1.46 bits per heavy atom. The number of hydrogen-bond donors (Lipinski definition) is 0. The molecular weight excluding hydrogens is 606 g/mol. The van der Waals surface area contributed by atoms with Gasteiger partial charge in [0.2, 0.25) is 0 Å². The van der Waals surface area contributed by atoms with Gasteiger partial charge in [0.25, 0.3) is 0 Å². The number of ether oxygens (including phenoxy) is 3. The average Bonchev–Trinajstić information content (AvgIpc) is 3.28. The van der Waals surface area contributed by atoms with E-state index in [0.29, 0.717) is 18.7 Å². The number of esters is 2. The molecule has 0 aromatic heterocycles. The summed E-state index contributed by atoms with van der Waals surface area (Å²) >= 11 is 0. The summed E-state index contributed by atoms with van der Waals surface area (Å²) in [7, 11) is 0. The van der Waals surface area contributed by atoms with Crippen LogP contribution in [0.1, 0.15) is 55.4 Å². The molecule has 0 saturated carbocycles. The normalized spacial score (nSPS) is 16.0. The molecule has 48 heavy (non-hydrogen) atoms. The fourth-order valence-corrected chi connectivity index (χ4v) is 4.51. The van der Waals surface area contributed by atoms with E-state index in [4.69, 9.17) is 19.2 Å². The number of carbonyl (C=O) groups is 2. The molecule has 0 N–H and O–H groups in total. The fourth-order valence-electron chi connectivity index (χ4n) is 4.51. The first-order chi connectivity index (χ1) is 22.5. The predicted octanol–water partition coefficient (Wildman–Crippen LogP) is 7.00.